The lowest BCUT2D eigenvalue weighted by molar-refractivity contribution is -0.130. The molecular weight excluding hydrogens is 358 g/mol. The van der Waals surface area contributed by atoms with E-state index in [4.69, 9.17) is 4.42 Å². The molecule has 0 fully saturated rings. The van der Waals surface area contributed by atoms with Gasteiger partial charge in [0.05, 0.1) is 0 Å². The number of nitrogens with zero attached hydrogens (tertiary/aromatic N) is 3. The number of aromatic nitrogens is 2. The first-order valence-corrected chi connectivity index (χ1v) is 9.91. The van der Waals surface area contributed by atoms with Crippen LogP contribution in [0.15, 0.2) is 64.2 Å². The Kier molecular flexibility index (Phi) is 6.29. The van der Waals surface area contributed by atoms with Gasteiger partial charge in [-0.2, -0.15) is 0 Å². The highest BCUT2D eigenvalue weighted by Gasteiger charge is 2.28. The predicted octanol–water partition coefficient (Wildman–Crippen LogP) is 4.75. The second-order valence-corrected chi connectivity index (χ2v) is 7.22. The summed E-state index contributed by atoms with van der Waals surface area (Å²) in [5, 5.41) is 8.28. The summed E-state index contributed by atoms with van der Waals surface area (Å²) in [5.74, 6) is 0.509. The van der Waals surface area contributed by atoms with Crippen LogP contribution in [0.3, 0.4) is 0 Å². The molecule has 0 aliphatic rings. The molecule has 27 heavy (non-hydrogen) atoms. The number of benzene rings is 2. The second kappa shape index (κ2) is 8.86. The Morgan fingerprint density at radius 3 is 2.48 bits per heavy atom. The highest BCUT2D eigenvalue weighted by atomic mass is 32.2. The molecule has 1 aromatic heterocycles. The lowest BCUT2D eigenvalue weighted by Gasteiger charge is -2.24. The summed E-state index contributed by atoms with van der Waals surface area (Å²) in [6.07, 6.45) is 0. The van der Waals surface area contributed by atoms with Crippen LogP contribution in [0.1, 0.15) is 30.2 Å². The van der Waals surface area contributed by atoms with Crippen LogP contribution in [0.25, 0.3) is 11.5 Å². The third-order valence-corrected chi connectivity index (χ3v) is 5.37. The van der Waals surface area contributed by atoms with E-state index >= 15 is 0 Å². The fourth-order valence-electron chi connectivity index (χ4n) is 2.84. The summed E-state index contributed by atoms with van der Waals surface area (Å²) in [6.45, 7) is 7.31. The van der Waals surface area contributed by atoms with E-state index in [1.54, 1.807) is 0 Å². The van der Waals surface area contributed by atoms with Gasteiger partial charge >= 0.3 is 0 Å². The van der Waals surface area contributed by atoms with Crippen LogP contribution in [-0.2, 0) is 4.79 Å². The normalized spacial score (nSPS) is 12.0. The summed E-state index contributed by atoms with van der Waals surface area (Å²) in [4.78, 5) is 14.9. The number of hydrogen-bond acceptors (Lipinski definition) is 5. The molecule has 1 heterocycles. The van der Waals surface area contributed by atoms with Gasteiger partial charge < -0.3 is 9.32 Å². The maximum atomic E-state index is 13.0. The van der Waals surface area contributed by atoms with E-state index in [9.17, 15) is 4.79 Å². The van der Waals surface area contributed by atoms with Crippen molar-refractivity contribution in [3.05, 3.63) is 65.7 Å². The minimum absolute atomic E-state index is 0.0477. The summed E-state index contributed by atoms with van der Waals surface area (Å²) in [7, 11) is 0. The molecule has 0 spiro atoms. The highest BCUT2D eigenvalue weighted by Crippen LogP contribution is 2.37. The van der Waals surface area contributed by atoms with Crippen molar-refractivity contribution < 1.29 is 9.21 Å². The van der Waals surface area contributed by atoms with Gasteiger partial charge in [0, 0.05) is 18.7 Å². The van der Waals surface area contributed by atoms with E-state index in [2.05, 4.69) is 10.2 Å². The minimum atomic E-state index is -0.420. The van der Waals surface area contributed by atoms with Gasteiger partial charge in [0.2, 0.25) is 11.8 Å². The predicted molar refractivity (Wildman–Crippen MR) is 107 cm³/mol. The number of carbonyl (C=O) groups is 1. The number of hydrogen-bond donors (Lipinski definition) is 0. The van der Waals surface area contributed by atoms with E-state index in [1.165, 1.54) is 11.8 Å². The fourth-order valence-corrected chi connectivity index (χ4v) is 3.80. The van der Waals surface area contributed by atoms with Crippen molar-refractivity contribution in [3.63, 3.8) is 0 Å². The number of rotatable bonds is 7. The number of thioether (sulfide) groups is 1. The first kappa shape index (κ1) is 19.2. The molecular formula is C21H23N3O2S. The zero-order valence-electron chi connectivity index (χ0n) is 15.8. The molecule has 1 amide bonds. The molecule has 0 saturated carbocycles. The molecule has 140 valence electrons. The van der Waals surface area contributed by atoms with Gasteiger partial charge in [0.1, 0.15) is 5.25 Å². The highest BCUT2D eigenvalue weighted by molar-refractivity contribution is 8.00. The molecule has 0 bridgehead atoms. The molecule has 2 aromatic carbocycles. The molecule has 3 aromatic rings. The van der Waals surface area contributed by atoms with Gasteiger partial charge in [-0.25, -0.2) is 0 Å². The van der Waals surface area contributed by atoms with Crippen LogP contribution < -0.4 is 0 Å². The van der Waals surface area contributed by atoms with Gasteiger partial charge in [-0.1, -0.05) is 48.0 Å². The minimum Gasteiger partial charge on any atom is -0.411 e. The Labute approximate surface area is 163 Å². The zero-order chi connectivity index (χ0) is 19.2. The van der Waals surface area contributed by atoms with Crippen LogP contribution in [0.4, 0.5) is 0 Å². The Hall–Kier alpha value is -2.60. The Morgan fingerprint density at radius 2 is 1.81 bits per heavy atom. The van der Waals surface area contributed by atoms with Crippen LogP contribution in [-0.4, -0.2) is 34.1 Å². The smallest absolute Gasteiger partial charge is 0.277 e. The average Bonchev–Trinajstić information content (AvgIpc) is 3.16. The van der Waals surface area contributed by atoms with Gasteiger partial charge in [0.15, 0.2) is 0 Å². The van der Waals surface area contributed by atoms with Crippen LogP contribution in [0.5, 0.6) is 0 Å². The van der Waals surface area contributed by atoms with Gasteiger partial charge in [-0.15, -0.1) is 10.2 Å². The average molecular weight is 382 g/mol. The molecule has 0 radical (unpaired) electrons. The molecule has 0 unspecified atom stereocenters. The summed E-state index contributed by atoms with van der Waals surface area (Å²) in [5.41, 5.74) is 2.93. The Morgan fingerprint density at radius 1 is 1.07 bits per heavy atom. The number of amides is 1. The fraction of sp³-hybridized carbons (Fsp3) is 0.286. The Bertz CT molecular complexity index is 891. The third-order valence-electron chi connectivity index (χ3n) is 4.29. The van der Waals surface area contributed by atoms with Gasteiger partial charge in [-0.05, 0) is 50.2 Å². The molecule has 0 aliphatic heterocycles. The van der Waals surface area contributed by atoms with E-state index in [-0.39, 0.29) is 5.91 Å². The van der Waals surface area contributed by atoms with Crippen molar-refractivity contribution in [3.8, 4) is 11.5 Å². The standard InChI is InChI=1S/C21H23N3O2S/c1-4-24(5-2)20(25)18(16-11-7-6-8-12-16)27-21-23-22-19(26-21)17-13-9-10-15(3)14-17/h6-14,18H,4-5H2,1-3H3/t18-/m1/s1. The number of aryl methyl sites for hydroxylation is 1. The van der Waals surface area contributed by atoms with E-state index in [1.807, 2.05) is 80.3 Å². The SMILES string of the molecule is CCN(CC)C(=O)[C@H](Sc1nnc(-c2cccc(C)c2)o1)c1ccccc1. The molecule has 1 atom stereocenters. The quantitative estimate of drug-likeness (QED) is 0.553. The maximum Gasteiger partial charge on any atom is 0.277 e. The van der Waals surface area contributed by atoms with Crippen molar-refractivity contribution in [1.82, 2.24) is 15.1 Å². The largest absolute Gasteiger partial charge is 0.411 e. The molecule has 0 saturated heterocycles. The monoisotopic (exact) mass is 381 g/mol. The van der Waals surface area contributed by atoms with Crippen molar-refractivity contribution in [2.24, 2.45) is 0 Å². The number of carbonyl (C=O) groups excluding carboxylic acids is 1. The summed E-state index contributed by atoms with van der Waals surface area (Å²) < 4.78 is 5.84. The first-order valence-electron chi connectivity index (χ1n) is 9.03. The van der Waals surface area contributed by atoms with Crippen LogP contribution >= 0.6 is 11.8 Å². The molecule has 3 rings (SSSR count). The van der Waals surface area contributed by atoms with Crippen LogP contribution in [0, 0.1) is 6.92 Å². The van der Waals surface area contributed by atoms with E-state index < -0.39 is 5.25 Å². The van der Waals surface area contributed by atoms with Crippen molar-refractivity contribution in [2.45, 2.75) is 31.2 Å². The molecule has 0 N–H and O–H groups in total. The maximum absolute atomic E-state index is 13.0. The van der Waals surface area contributed by atoms with Crippen LogP contribution in [0.2, 0.25) is 0 Å². The number of likely N-dealkylation sites (N-methyl/N-ethyl adjacent to an activating group) is 1. The van der Waals surface area contributed by atoms with Crippen molar-refractivity contribution in [1.29, 1.82) is 0 Å². The summed E-state index contributed by atoms with van der Waals surface area (Å²) >= 11 is 1.30. The molecule has 5 nitrogen and oxygen atoms in total. The van der Waals surface area contributed by atoms with Crippen molar-refractivity contribution >= 4 is 17.7 Å². The third kappa shape index (κ3) is 4.57. The zero-order valence-corrected chi connectivity index (χ0v) is 16.6. The van der Waals surface area contributed by atoms with Gasteiger partial charge in [0.25, 0.3) is 5.22 Å². The van der Waals surface area contributed by atoms with Gasteiger partial charge in [-0.3, -0.25) is 4.79 Å². The lowest BCUT2D eigenvalue weighted by atomic mass is 10.1. The van der Waals surface area contributed by atoms with E-state index in [0.717, 1.165) is 16.7 Å². The molecule has 6 heteroatoms. The first-order chi connectivity index (χ1) is 13.1. The lowest BCUT2D eigenvalue weighted by Crippen LogP contribution is -2.33. The van der Waals surface area contributed by atoms with Crippen molar-refractivity contribution in [2.75, 3.05) is 13.1 Å². The Balaban J connectivity index is 1.87. The second-order valence-electron chi connectivity index (χ2n) is 6.16. The topological polar surface area (TPSA) is 59.2 Å². The van der Waals surface area contributed by atoms with E-state index in [0.29, 0.717) is 24.2 Å². The molecule has 0 aliphatic carbocycles. The summed E-state index contributed by atoms with van der Waals surface area (Å²) in [6, 6.07) is 17.6.